The number of aliphatic carboxylic acids is 1. The predicted octanol–water partition coefficient (Wildman–Crippen LogP) is 4.09. The Hall–Kier alpha value is -2.97. The summed E-state index contributed by atoms with van der Waals surface area (Å²) in [6, 6.07) is 0. The molecular formula is C32H42O9. The van der Waals surface area contributed by atoms with Gasteiger partial charge in [0.2, 0.25) is 5.78 Å². The summed E-state index contributed by atoms with van der Waals surface area (Å²) < 4.78 is 5.78. The van der Waals surface area contributed by atoms with Crippen molar-refractivity contribution in [2.24, 2.45) is 45.3 Å². The molecule has 9 heteroatoms. The van der Waals surface area contributed by atoms with Crippen LogP contribution in [0.4, 0.5) is 0 Å². The monoisotopic (exact) mass is 570 g/mol. The highest BCUT2D eigenvalue weighted by Gasteiger charge is 2.74. The highest BCUT2D eigenvalue weighted by Crippen LogP contribution is 2.70. The van der Waals surface area contributed by atoms with Gasteiger partial charge in [0.1, 0.15) is 17.3 Å². The van der Waals surface area contributed by atoms with Crippen LogP contribution in [0.2, 0.25) is 0 Å². The number of carboxylic acid groups (broad SMARTS) is 1. The van der Waals surface area contributed by atoms with E-state index in [4.69, 9.17) is 4.74 Å². The third kappa shape index (κ3) is 4.20. The van der Waals surface area contributed by atoms with Crippen LogP contribution >= 0.6 is 0 Å². The molecular weight excluding hydrogens is 528 g/mol. The van der Waals surface area contributed by atoms with E-state index in [1.54, 1.807) is 34.6 Å². The maximum Gasteiger partial charge on any atom is 0.306 e. The average molecular weight is 571 g/mol. The fourth-order valence-corrected chi connectivity index (χ4v) is 8.99. The molecule has 1 N–H and O–H groups in total. The predicted molar refractivity (Wildman–Crippen MR) is 146 cm³/mol. The fraction of sp³-hybridized carbons (Fsp3) is 0.719. The number of esters is 1. The molecule has 41 heavy (non-hydrogen) atoms. The molecule has 2 saturated carbocycles. The number of carbonyl (C=O) groups excluding carboxylic acids is 6. The Balaban J connectivity index is 1.89. The van der Waals surface area contributed by atoms with Crippen LogP contribution in [0, 0.1) is 45.3 Å². The minimum Gasteiger partial charge on any atom is -0.481 e. The zero-order valence-electron chi connectivity index (χ0n) is 25.3. The third-order valence-electron chi connectivity index (χ3n) is 11.5. The molecule has 9 nitrogen and oxygen atoms in total. The number of hydrogen-bond donors (Lipinski definition) is 1. The molecule has 4 aliphatic rings. The molecule has 8 atom stereocenters. The molecule has 0 radical (unpaired) electrons. The molecule has 0 amide bonds. The standard InChI is InChI=1S/C32H42O9/c1-15(11-18(34)12-16(2)28(39)40)19-13-23(37)32(8)24-20(35)14-21-29(4,5)22(36)9-10-30(21,6)25(24)26(38)27(31(19,32)7)41-17(3)33/h15-16,19,21,27H,9-14H2,1-8H3,(H,39,40)/t15?,16?,19?,21?,27-,30+,31+,32+/m1/s1. The third-order valence-corrected chi connectivity index (χ3v) is 11.5. The summed E-state index contributed by atoms with van der Waals surface area (Å²) in [7, 11) is 0. The van der Waals surface area contributed by atoms with E-state index in [1.807, 2.05) is 6.92 Å². The Kier molecular flexibility index (Phi) is 7.41. The number of Topliss-reactive ketones (excluding diaryl/α,β-unsaturated/α-hetero) is 5. The summed E-state index contributed by atoms with van der Waals surface area (Å²) >= 11 is 0. The maximum atomic E-state index is 14.6. The van der Waals surface area contributed by atoms with Crippen LogP contribution in [-0.2, 0) is 38.3 Å². The van der Waals surface area contributed by atoms with Crippen molar-refractivity contribution >= 4 is 40.9 Å². The van der Waals surface area contributed by atoms with Gasteiger partial charge in [-0.25, -0.2) is 0 Å². The lowest BCUT2D eigenvalue weighted by Crippen LogP contribution is -2.64. The van der Waals surface area contributed by atoms with E-state index in [1.165, 1.54) is 13.8 Å². The first-order chi connectivity index (χ1) is 18.8. The van der Waals surface area contributed by atoms with E-state index in [0.717, 1.165) is 0 Å². The number of ether oxygens (including phenoxy) is 1. The molecule has 0 heterocycles. The summed E-state index contributed by atoms with van der Waals surface area (Å²) in [5, 5.41) is 9.23. The Labute approximate surface area is 240 Å². The van der Waals surface area contributed by atoms with Crippen molar-refractivity contribution in [2.45, 2.75) is 100 Å². The zero-order chi connectivity index (χ0) is 31.0. The Morgan fingerprint density at radius 3 is 2.10 bits per heavy atom. The lowest BCUT2D eigenvalue weighted by atomic mass is 9.42. The highest BCUT2D eigenvalue weighted by atomic mass is 16.5. The fourth-order valence-electron chi connectivity index (χ4n) is 8.99. The van der Waals surface area contributed by atoms with Gasteiger partial charge in [-0.15, -0.1) is 0 Å². The number of ketones is 5. The van der Waals surface area contributed by atoms with Crippen molar-refractivity contribution in [2.75, 3.05) is 0 Å². The topological polar surface area (TPSA) is 149 Å². The van der Waals surface area contributed by atoms with Crippen LogP contribution in [0.15, 0.2) is 11.1 Å². The number of allylic oxidation sites excluding steroid dienone is 1. The van der Waals surface area contributed by atoms with Gasteiger partial charge < -0.3 is 9.84 Å². The number of rotatable bonds is 7. The first-order valence-electron chi connectivity index (χ1n) is 14.6. The minimum atomic E-state index is -1.46. The molecule has 0 spiro atoms. The van der Waals surface area contributed by atoms with E-state index < -0.39 is 69.2 Å². The van der Waals surface area contributed by atoms with Gasteiger partial charge in [-0.3, -0.25) is 33.6 Å². The lowest BCUT2D eigenvalue weighted by molar-refractivity contribution is -0.175. The van der Waals surface area contributed by atoms with Crippen LogP contribution < -0.4 is 0 Å². The minimum absolute atomic E-state index is 0.0157. The summed E-state index contributed by atoms with van der Waals surface area (Å²) in [6.45, 7) is 13.3. The van der Waals surface area contributed by atoms with Gasteiger partial charge in [-0.05, 0) is 31.1 Å². The molecule has 0 aromatic heterocycles. The lowest BCUT2D eigenvalue weighted by Gasteiger charge is -2.59. The summed E-state index contributed by atoms with van der Waals surface area (Å²) in [5.74, 6) is -5.46. The van der Waals surface area contributed by atoms with Gasteiger partial charge in [0, 0.05) is 66.4 Å². The summed E-state index contributed by atoms with van der Waals surface area (Å²) in [5.41, 5.74) is -4.09. The molecule has 224 valence electrons. The number of carbonyl (C=O) groups is 7. The van der Waals surface area contributed by atoms with Gasteiger partial charge >= 0.3 is 11.9 Å². The van der Waals surface area contributed by atoms with Crippen molar-refractivity contribution < 1.29 is 43.4 Å². The second-order valence-electron chi connectivity index (χ2n) is 14.2. The van der Waals surface area contributed by atoms with Crippen LogP contribution in [0.25, 0.3) is 0 Å². The Morgan fingerprint density at radius 2 is 1.54 bits per heavy atom. The zero-order valence-corrected chi connectivity index (χ0v) is 25.3. The Morgan fingerprint density at radius 1 is 0.927 bits per heavy atom. The number of fused-ring (bicyclic) bond motifs is 4. The van der Waals surface area contributed by atoms with E-state index in [2.05, 4.69) is 0 Å². The molecule has 4 aliphatic carbocycles. The molecule has 0 aromatic rings. The van der Waals surface area contributed by atoms with E-state index in [0.29, 0.717) is 6.42 Å². The van der Waals surface area contributed by atoms with Crippen molar-refractivity contribution in [3.8, 4) is 0 Å². The molecule has 0 aliphatic heterocycles. The number of carboxylic acids is 1. The molecule has 0 saturated heterocycles. The van der Waals surface area contributed by atoms with Crippen LogP contribution in [-0.4, -0.2) is 52.1 Å². The summed E-state index contributed by atoms with van der Waals surface area (Å²) in [6.07, 6.45) is -0.948. The van der Waals surface area contributed by atoms with E-state index >= 15 is 0 Å². The van der Waals surface area contributed by atoms with E-state index in [9.17, 15) is 38.7 Å². The SMILES string of the molecule is CC(=O)O[C@@H]1C(=O)C2=C(C(=O)CC3C(C)(C)C(=O)CC[C@]23C)[C@]2(C)C(=O)CC(C(C)CC(=O)CC(C)C(=O)O)[C@@]12C. The molecule has 2 fully saturated rings. The van der Waals surface area contributed by atoms with Crippen molar-refractivity contribution in [1.82, 2.24) is 0 Å². The summed E-state index contributed by atoms with van der Waals surface area (Å²) in [4.78, 5) is 92.3. The first-order valence-corrected chi connectivity index (χ1v) is 14.6. The highest BCUT2D eigenvalue weighted by molar-refractivity contribution is 6.18. The van der Waals surface area contributed by atoms with Gasteiger partial charge in [-0.2, -0.15) is 0 Å². The normalized spacial score (nSPS) is 37.6. The van der Waals surface area contributed by atoms with Gasteiger partial charge in [0.05, 0.1) is 11.3 Å². The van der Waals surface area contributed by atoms with Crippen LogP contribution in [0.3, 0.4) is 0 Å². The average Bonchev–Trinajstić information content (AvgIpc) is 3.07. The largest absolute Gasteiger partial charge is 0.481 e. The number of hydrogen-bond acceptors (Lipinski definition) is 8. The van der Waals surface area contributed by atoms with Crippen molar-refractivity contribution in [3.63, 3.8) is 0 Å². The van der Waals surface area contributed by atoms with Gasteiger partial charge in [0.15, 0.2) is 11.9 Å². The van der Waals surface area contributed by atoms with Gasteiger partial charge in [-0.1, -0.05) is 41.5 Å². The van der Waals surface area contributed by atoms with E-state index in [-0.39, 0.29) is 66.4 Å². The molecule has 0 bridgehead atoms. The first kappa shape index (κ1) is 31.0. The molecule has 0 aromatic carbocycles. The second kappa shape index (κ2) is 9.80. The van der Waals surface area contributed by atoms with Crippen molar-refractivity contribution in [3.05, 3.63) is 11.1 Å². The van der Waals surface area contributed by atoms with Crippen molar-refractivity contribution in [1.29, 1.82) is 0 Å². The Bertz CT molecular complexity index is 1300. The smallest absolute Gasteiger partial charge is 0.306 e. The maximum absolute atomic E-state index is 14.6. The van der Waals surface area contributed by atoms with Crippen LogP contribution in [0.1, 0.15) is 93.9 Å². The van der Waals surface area contributed by atoms with Gasteiger partial charge in [0.25, 0.3) is 0 Å². The molecule has 4 rings (SSSR count). The van der Waals surface area contributed by atoms with Crippen LogP contribution in [0.5, 0.6) is 0 Å². The quantitative estimate of drug-likeness (QED) is 0.447. The second-order valence-corrected chi connectivity index (χ2v) is 14.2. The molecule has 4 unspecified atom stereocenters.